The molecular weight excluding hydrogens is 212 g/mol. The number of thioether (sulfide) groups is 1. The van der Waals surface area contributed by atoms with Crippen LogP contribution in [0.2, 0.25) is 0 Å². The van der Waals surface area contributed by atoms with Gasteiger partial charge in [-0.2, -0.15) is 11.8 Å². The number of hydrogen-bond donors (Lipinski definition) is 3. The summed E-state index contributed by atoms with van der Waals surface area (Å²) in [6.07, 6.45) is 2.65. The number of carbonyl (C=O) groups is 1. The SMILES string of the molecule is CSCC[C@H](N)C(=O)N[C@H](CO)C(C)C. The minimum Gasteiger partial charge on any atom is -0.394 e. The molecule has 4 N–H and O–H groups in total. The van der Waals surface area contributed by atoms with Crippen molar-refractivity contribution in [1.82, 2.24) is 5.32 Å². The summed E-state index contributed by atoms with van der Waals surface area (Å²) in [7, 11) is 0. The highest BCUT2D eigenvalue weighted by Crippen LogP contribution is 2.03. The molecule has 2 atom stereocenters. The number of aliphatic hydroxyl groups excluding tert-OH is 1. The van der Waals surface area contributed by atoms with Crippen LogP contribution >= 0.6 is 11.8 Å². The van der Waals surface area contributed by atoms with Crippen LogP contribution in [-0.4, -0.2) is 41.7 Å². The Morgan fingerprint density at radius 1 is 1.53 bits per heavy atom. The van der Waals surface area contributed by atoms with Gasteiger partial charge in [-0.1, -0.05) is 13.8 Å². The summed E-state index contributed by atoms with van der Waals surface area (Å²) in [5.74, 6) is 0.920. The van der Waals surface area contributed by atoms with Gasteiger partial charge in [0.15, 0.2) is 0 Å². The van der Waals surface area contributed by atoms with Crippen molar-refractivity contribution in [3.8, 4) is 0 Å². The van der Waals surface area contributed by atoms with Crippen LogP contribution in [0.5, 0.6) is 0 Å². The fraction of sp³-hybridized carbons (Fsp3) is 0.900. The van der Waals surface area contributed by atoms with E-state index >= 15 is 0 Å². The number of aliphatic hydroxyl groups is 1. The standard InChI is InChI=1S/C10H22N2O2S/c1-7(2)9(6-13)12-10(14)8(11)4-5-15-3/h7-9,13H,4-6,11H2,1-3H3,(H,12,14)/t8-,9+/m0/s1. The highest BCUT2D eigenvalue weighted by molar-refractivity contribution is 7.98. The summed E-state index contributed by atoms with van der Waals surface area (Å²) in [4.78, 5) is 11.6. The van der Waals surface area contributed by atoms with E-state index in [9.17, 15) is 4.79 Å². The largest absolute Gasteiger partial charge is 0.394 e. The fourth-order valence-electron chi connectivity index (χ4n) is 1.09. The van der Waals surface area contributed by atoms with Gasteiger partial charge in [0.1, 0.15) is 0 Å². The summed E-state index contributed by atoms with van der Waals surface area (Å²) in [6, 6.07) is -0.664. The van der Waals surface area contributed by atoms with Gasteiger partial charge >= 0.3 is 0 Å². The van der Waals surface area contributed by atoms with Crippen molar-refractivity contribution < 1.29 is 9.90 Å². The number of nitrogens with one attached hydrogen (secondary N) is 1. The van der Waals surface area contributed by atoms with Crippen LogP contribution in [-0.2, 0) is 4.79 Å². The molecule has 4 nitrogen and oxygen atoms in total. The van der Waals surface area contributed by atoms with Gasteiger partial charge in [-0.3, -0.25) is 4.79 Å². The first-order valence-electron chi connectivity index (χ1n) is 5.18. The molecule has 0 aliphatic rings. The summed E-state index contributed by atoms with van der Waals surface area (Å²) in [6.45, 7) is 3.86. The lowest BCUT2D eigenvalue weighted by atomic mass is 10.0. The quantitative estimate of drug-likeness (QED) is 0.588. The lowest BCUT2D eigenvalue weighted by molar-refractivity contribution is -0.123. The van der Waals surface area contributed by atoms with Crippen LogP contribution in [0.4, 0.5) is 0 Å². The second kappa shape index (κ2) is 7.96. The van der Waals surface area contributed by atoms with Crippen LogP contribution in [0, 0.1) is 5.92 Å². The molecule has 90 valence electrons. The molecular formula is C10H22N2O2S. The van der Waals surface area contributed by atoms with E-state index in [-0.39, 0.29) is 24.5 Å². The molecule has 0 saturated carbocycles. The highest BCUT2D eigenvalue weighted by atomic mass is 32.2. The number of hydrogen-bond acceptors (Lipinski definition) is 4. The Morgan fingerprint density at radius 2 is 2.13 bits per heavy atom. The Morgan fingerprint density at radius 3 is 2.53 bits per heavy atom. The molecule has 5 heteroatoms. The molecule has 0 bridgehead atoms. The Kier molecular flexibility index (Phi) is 7.82. The number of nitrogens with two attached hydrogens (primary N) is 1. The van der Waals surface area contributed by atoms with Crippen molar-refractivity contribution >= 4 is 17.7 Å². The third-order valence-electron chi connectivity index (χ3n) is 2.30. The van der Waals surface area contributed by atoms with E-state index in [4.69, 9.17) is 10.8 Å². The van der Waals surface area contributed by atoms with Crippen molar-refractivity contribution in [2.24, 2.45) is 11.7 Å². The highest BCUT2D eigenvalue weighted by Gasteiger charge is 2.19. The molecule has 0 spiro atoms. The molecule has 1 amide bonds. The molecule has 0 aromatic rings. The molecule has 0 heterocycles. The first-order valence-corrected chi connectivity index (χ1v) is 6.58. The van der Waals surface area contributed by atoms with Crippen molar-refractivity contribution in [2.45, 2.75) is 32.4 Å². The normalized spacial score (nSPS) is 15.1. The van der Waals surface area contributed by atoms with E-state index in [1.165, 1.54) is 0 Å². The summed E-state index contributed by atoms with van der Waals surface area (Å²) < 4.78 is 0. The predicted molar refractivity (Wildman–Crippen MR) is 64.8 cm³/mol. The van der Waals surface area contributed by atoms with Gasteiger partial charge in [-0.05, 0) is 24.3 Å². The second-order valence-electron chi connectivity index (χ2n) is 3.93. The first-order chi connectivity index (χ1) is 7.02. The number of amides is 1. The van der Waals surface area contributed by atoms with Crippen LogP contribution in [0.1, 0.15) is 20.3 Å². The predicted octanol–water partition coefficient (Wildman–Crippen LogP) is 0.200. The van der Waals surface area contributed by atoms with Crippen molar-refractivity contribution in [2.75, 3.05) is 18.6 Å². The average Bonchev–Trinajstić information content (AvgIpc) is 2.21. The minimum absolute atomic E-state index is 0.0430. The van der Waals surface area contributed by atoms with E-state index in [2.05, 4.69) is 5.32 Å². The van der Waals surface area contributed by atoms with Crippen LogP contribution < -0.4 is 11.1 Å². The zero-order chi connectivity index (χ0) is 11.8. The third-order valence-corrected chi connectivity index (χ3v) is 2.94. The molecule has 0 aliphatic heterocycles. The van der Waals surface area contributed by atoms with E-state index in [1.807, 2.05) is 20.1 Å². The monoisotopic (exact) mass is 234 g/mol. The fourth-order valence-corrected chi connectivity index (χ4v) is 1.58. The van der Waals surface area contributed by atoms with Crippen LogP contribution in [0.15, 0.2) is 0 Å². The van der Waals surface area contributed by atoms with E-state index in [0.29, 0.717) is 6.42 Å². The molecule has 0 saturated heterocycles. The van der Waals surface area contributed by atoms with Crippen molar-refractivity contribution in [3.05, 3.63) is 0 Å². The molecule has 0 rings (SSSR count). The molecule has 0 aliphatic carbocycles. The third kappa shape index (κ3) is 6.02. The first kappa shape index (κ1) is 14.7. The number of rotatable bonds is 7. The zero-order valence-corrected chi connectivity index (χ0v) is 10.5. The molecule has 0 unspecified atom stereocenters. The van der Waals surface area contributed by atoms with E-state index in [0.717, 1.165) is 5.75 Å². The summed E-state index contributed by atoms with van der Waals surface area (Å²) in [5.41, 5.74) is 5.70. The van der Waals surface area contributed by atoms with Gasteiger partial charge in [-0.15, -0.1) is 0 Å². The Bertz CT molecular complexity index is 188. The van der Waals surface area contributed by atoms with Crippen molar-refractivity contribution in [3.63, 3.8) is 0 Å². The van der Waals surface area contributed by atoms with Crippen molar-refractivity contribution in [1.29, 1.82) is 0 Å². The van der Waals surface area contributed by atoms with Gasteiger partial charge in [0, 0.05) is 0 Å². The minimum atomic E-state index is -0.467. The Hall–Kier alpha value is -0.260. The van der Waals surface area contributed by atoms with Gasteiger partial charge in [0.25, 0.3) is 0 Å². The Balaban J connectivity index is 3.98. The molecule has 0 aromatic heterocycles. The molecule has 15 heavy (non-hydrogen) atoms. The molecule has 0 radical (unpaired) electrons. The van der Waals surface area contributed by atoms with Gasteiger partial charge in [0.2, 0.25) is 5.91 Å². The molecule has 0 fully saturated rings. The second-order valence-corrected chi connectivity index (χ2v) is 4.92. The maximum atomic E-state index is 11.6. The lowest BCUT2D eigenvalue weighted by Gasteiger charge is -2.22. The van der Waals surface area contributed by atoms with Gasteiger partial charge in [-0.25, -0.2) is 0 Å². The van der Waals surface area contributed by atoms with Gasteiger partial charge in [0.05, 0.1) is 18.7 Å². The summed E-state index contributed by atoms with van der Waals surface area (Å²) in [5, 5.41) is 11.8. The van der Waals surface area contributed by atoms with Crippen LogP contribution in [0.25, 0.3) is 0 Å². The maximum absolute atomic E-state index is 11.6. The molecule has 0 aromatic carbocycles. The Labute approximate surface area is 96.0 Å². The maximum Gasteiger partial charge on any atom is 0.237 e. The topological polar surface area (TPSA) is 75.4 Å². The van der Waals surface area contributed by atoms with E-state index < -0.39 is 6.04 Å². The smallest absolute Gasteiger partial charge is 0.237 e. The van der Waals surface area contributed by atoms with E-state index in [1.54, 1.807) is 11.8 Å². The average molecular weight is 234 g/mol. The van der Waals surface area contributed by atoms with Gasteiger partial charge < -0.3 is 16.2 Å². The van der Waals surface area contributed by atoms with Crippen LogP contribution in [0.3, 0.4) is 0 Å². The number of carbonyl (C=O) groups excluding carboxylic acids is 1. The lowest BCUT2D eigenvalue weighted by Crippen LogP contribution is -2.48. The summed E-state index contributed by atoms with van der Waals surface area (Å²) >= 11 is 1.67. The zero-order valence-electron chi connectivity index (χ0n) is 9.69.